The van der Waals surface area contributed by atoms with Crippen LogP contribution in [0.4, 0.5) is 4.39 Å². The minimum Gasteiger partial charge on any atom is -0.237 e. The molecule has 0 aliphatic carbocycles. The molecule has 0 fully saturated rings. The lowest BCUT2D eigenvalue weighted by atomic mass is 10.3. The van der Waals surface area contributed by atoms with Crippen molar-refractivity contribution in [1.82, 2.24) is 4.98 Å². The molecule has 0 saturated heterocycles. The van der Waals surface area contributed by atoms with Crippen molar-refractivity contribution in [3.8, 4) is 0 Å². The summed E-state index contributed by atoms with van der Waals surface area (Å²) < 4.78 is 12.9. The van der Waals surface area contributed by atoms with E-state index >= 15 is 0 Å². The number of rotatable bonds is 1. The van der Waals surface area contributed by atoms with E-state index in [4.69, 9.17) is 11.6 Å². The van der Waals surface area contributed by atoms with E-state index in [1.165, 1.54) is 6.07 Å². The van der Waals surface area contributed by atoms with E-state index < -0.39 is 0 Å². The molecule has 0 radical (unpaired) electrons. The van der Waals surface area contributed by atoms with Gasteiger partial charge in [-0.2, -0.15) is 0 Å². The molecule has 0 spiro atoms. The fourth-order valence-corrected chi connectivity index (χ4v) is 1.24. The van der Waals surface area contributed by atoms with Crippen molar-refractivity contribution < 1.29 is 4.39 Å². The highest BCUT2D eigenvalue weighted by molar-refractivity contribution is 9.08. The zero-order valence-electron chi connectivity index (χ0n) is 5.87. The van der Waals surface area contributed by atoms with Crippen molar-refractivity contribution >= 4 is 27.5 Å². The molecule has 0 aliphatic heterocycles. The first kappa shape index (κ1) is 8.94. The molecule has 11 heavy (non-hydrogen) atoms. The average molecular weight is 238 g/mol. The van der Waals surface area contributed by atoms with Gasteiger partial charge in [0.05, 0.1) is 5.69 Å². The van der Waals surface area contributed by atoms with Crippen LogP contribution in [0, 0.1) is 12.7 Å². The van der Waals surface area contributed by atoms with E-state index in [1.807, 2.05) is 0 Å². The van der Waals surface area contributed by atoms with Gasteiger partial charge in [-0.3, -0.25) is 0 Å². The molecule has 1 aromatic heterocycles. The second-order valence-electron chi connectivity index (χ2n) is 2.16. The van der Waals surface area contributed by atoms with Gasteiger partial charge in [0.15, 0.2) is 0 Å². The van der Waals surface area contributed by atoms with Crippen molar-refractivity contribution in [3.05, 3.63) is 28.3 Å². The molecular weight excluding hydrogens is 232 g/mol. The Kier molecular flexibility index (Phi) is 2.84. The lowest BCUT2D eigenvalue weighted by Crippen LogP contribution is -1.93. The SMILES string of the molecule is Cc1cc(F)c(CBr)nc1Cl. The number of aryl methyl sites for hydroxylation is 1. The molecule has 0 N–H and O–H groups in total. The fraction of sp³-hybridized carbons (Fsp3) is 0.286. The zero-order chi connectivity index (χ0) is 8.43. The summed E-state index contributed by atoms with van der Waals surface area (Å²) in [5.74, 6) is -0.316. The monoisotopic (exact) mass is 237 g/mol. The predicted molar refractivity (Wildman–Crippen MR) is 46.6 cm³/mol. The highest BCUT2D eigenvalue weighted by Crippen LogP contribution is 2.17. The maximum absolute atomic E-state index is 12.9. The third-order valence-electron chi connectivity index (χ3n) is 1.30. The Bertz CT molecular complexity index is 277. The van der Waals surface area contributed by atoms with Gasteiger partial charge in [0, 0.05) is 5.33 Å². The quantitative estimate of drug-likeness (QED) is 0.541. The first-order chi connectivity index (χ1) is 5.15. The summed E-state index contributed by atoms with van der Waals surface area (Å²) in [6.45, 7) is 1.72. The second-order valence-corrected chi connectivity index (χ2v) is 3.08. The van der Waals surface area contributed by atoms with Crippen LogP contribution in [0.2, 0.25) is 5.15 Å². The van der Waals surface area contributed by atoms with Gasteiger partial charge in [0.25, 0.3) is 0 Å². The lowest BCUT2D eigenvalue weighted by molar-refractivity contribution is 0.607. The van der Waals surface area contributed by atoms with Crippen LogP contribution in [-0.2, 0) is 5.33 Å². The van der Waals surface area contributed by atoms with Crippen molar-refractivity contribution in [2.75, 3.05) is 0 Å². The molecule has 1 heterocycles. The van der Waals surface area contributed by atoms with Crippen molar-refractivity contribution in [1.29, 1.82) is 0 Å². The summed E-state index contributed by atoms with van der Waals surface area (Å²) >= 11 is 8.77. The summed E-state index contributed by atoms with van der Waals surface area (Å²) in [4.78, 5) is 3.83. The number of pyridine rings is 1. The Hall–Kier alpha value is -0.150. The van der Waals surface area contributed by atoms with Crippen LogP contribution in [-0.4, -0.2) is 4.98 Å². The van der Waals surface area contributed by atoms with Crippen LogP contribution in [0.3, 0.4) is 0 Å². The van der Waals surface area contributed by atoms with E-state index in [9.17, 15) is 4.39 Å². The first-order valence-corrected chi connectivity index (χ1v) is 4.52. The van der Waals surface area contributed by atoms with Gasteiger partial charge in [-0.1, -0.05) is 27.5 Å². The molecule has 4 heteroatoms. The maximum Gasteiger partial charge on any atom is 0.145 e. The van der Waals surface area contributed by atoms with E-state index in [1.54, 1.807) is 6.92 Å². The molecule has 1 aromatic rings. The molecule has 0 saturated carbocycles. The zero-order valence-corrected chi connectivity index (χ0v) is 8.21. The molecule has 60 valence electrons. The van der Waals surface area contributed by atoms with Gasteiger partial charge in [-0.05, 0) is 18.6 Å². The Morgan fingerprint density at radius 3 is 2.91 bits per heavy atom. The number of alkyl halides is 1. The normalized spacial score (nSPS) is 10.2. The van der Waals surface area contributed by atoms with E-state index in [2.05, 4.69) is 20.9 Å². The standard InChI is InChI=1S/C7H6BrClFN/c1-4-2-5(10)6(3-8)11-7(4)9/h2H,3H2,1H3. The summed E-state index contributed by atoms with van der Waals surface area (Å²) in [6, 6.07) is 1.38. The van der Waals surface area contributed by atoms with Crippen LogP contribution >= 0.6 is 27.5 Å². The molecule has 0 amide bonds. The fourth-order valence-electron chi connectivity index (χ4n) is 0.687. The smallest absolute Gasteiger partial charge is 0.145 e. The van der Waals surface area contributed by atoms with Crippen LogP contribution in [0.5, 0.6) is 0 Å². The van der Waals surface area contributed by atoms with Gasteiger partial charge >= 0.3 is 0 Å². The van der Waals surface area contributed by atoms with Gasteiger partial charge in [-0.15, -0.1) is 0 Å². The van der Waals surface area contributed by atoms with Crippen molar-refractivity contribution in [2.24, 2.45) is 0 Å². The number of halogens is 3. The van der Waals surface area contributed by atoms with Crippen molar-refractivity contribution in [2.45, 2.75) is 12.3 Å². The second kappa shape index (κ2) is 3.50. The van der Waals surface area contributed by atoms with Crippen LogP contribution < -0.4 is 0 Å². The highest BCUT2D eigenvalue weighted by Gasteiger charge is 2.05. The van der Waals surface area contributed by atoms with Crippen LogP contribution in [0.25, 0.3) is 0 Å². The molecule has 0 bridgehead atoms. The van der Waals surface area contributed by atoms with E-state index in [0.29, 0.717) is 21.7 Å². The minimum atomic E-state index is -0.316. The first-order valence-electron chi connectivity index (χ1n) is 3.02. The summed E-state index contributed by atoms with van der Waals surface area (Å²) in [5.41, 5.74) is 1.01. The molecular formula is C7H6BrClFN. The Balaban J connectivity index is 3.21. The molecule has 0 atom stereocenters. The highest BCUT2D eigenvalue weighted by atomic mass is 79.9. The van der Waals surface area contributed by atoms with Crippen LogP contribution in [0.15, 0.2) is 6.07 Å². The number of hydrogen-bond donors (Lipinski definition) is 0. The maximum atomic E-state index is 12.9. The van der Waals surface area contributed by atoms with Gasteiger partial charge in [-0.25, -0.2) is 9.37 Å². The summed E-state index contributed by atoms with van der Waals surface area (Å²) in [5, 5.41) is 0.750. The van der Waals surface area contributed by atoms with Crippen molar-refractivity contribution in [3.63, 3.8) is 0 Å². The van der Waals surface area contributed by atoms with Crippen LogP contribution in [0.1, 0.15) is 11.3 Å². The summed E-state index contributed by atoms with van der Waals surface area (Å²) in [6.07, 6.45) is 0. The molecule has 0 unspecified atom stereocenters. The van der Waals surface area contributed by atoms with Gasteiger partial charge in [0.2, 0.25) is 0 Å². The Labute approximate surface area is 77.7 Å². The largest absolute Gasteiger partial charge is 0.237 e. The average Bonchev–Trinajstić information content (AvgIpc) is 1.97. The molecule has 0 aliphatic rings. The molecule has 1 rings (SSSR count). The minimum absolute atomic E-state index is 0.316. The summed E-state index contributed by atoms with van der Waals surface area (Å²) in [7, 11) is 0. The van der Waals surface area contributed by atoms with E-state index in [0.717, 1.165) is 0 Å². The number of aromatic nitrogens is 1. The lowest BCUT2D eigenvalue weighted by Gasteiger charge is -2.00. The Morgan fingerprint density at radius 2 is 2.36 bits per heavy atom. The van der Waals surface area contributed by atoms with Gasteiger partial charge in [0.1, 0.15) is 11.0 Å². The van der Waals surface area contributed by atoms with Gasteiger partial charge < -0.3 is 0 Å². The Morgan fingerprint density at radius 1 is 1.73 bits per heavy atom. The number of hydrogen-bond acceptors (Lipinski definition) is 1. The topological polar surface area (TPSA) is 12.9 Å². The molecule has 1 nitrogen and oxygen atoms in total. The number of nitrogens with zero attached hydrogens (tertiary/aromatic N) is 1. The predicted octanol–water partition coefficient (Wildman–Crippen LogP) is 3.08. The molecule has 0 aromatic carbocycles. The third kappa shape index (κ3) is 1.91. The third-order valence-corrected chi connectivity index (χ3v) is 2.22. The van der Waals surface area contributed by atoms with E-state index in [-0.39, 0.29) is 5.82 Å².